The van der Waals surface area contributed by atoms with Crippen LogP contribution in [0.1, 0.15) is 32.1 Å². The van der Waals surface area contributed by atoms with E-state index < -0.39 is 0 Å². The number of alkyl halides is 1. The lowest BCUT2D eigenvalue weighted by Gasteiger charge is -2.21. The van der Waals surface area contributed by atoms with Crippen molar-refractivity contribution in [1.82, 2.24) is 5.32 Å². The lowest BCUT2D eigenvalue weighted by molar-refractivity contribution is 0.349. The predicted molar refractivity (Wildman–Crippen MR) is 53.5 cm³/mol. The van der Waals surface area contributed by atoms with Gasteiger partial charge in [0.25, 0.3) is 0 Å². The molecule has 0 heterocycles. The van der Waals surface area contributed by atoms with Crippen molar-refractivity contribution in [1.29, 1.82) is 0 Å². The van der Waals surface area contributed by atoms with Crippen molar-refractivity contribution in [3.05, 3.63) is 0 Å². The van der Waals surface area contributed by atoms with Crippen LogP contribution in [0, 0.1) is 5.92 Å². The van der Waals surface area contributed by atoms with E-state index in [0.717, 1.165) is 10.5 Å². The minimum absolute atomic E-state index is 0.989. The van der Waals surface area contributed by atoms with E-state index in [4.69, 9.17) is 0 Å². The van der Waals surface area contributed by atoms with Crippen LogP contribution in [-0.2, 0) is 0 Å². The molecule has 0 atom stereocenters. The van der Waals surface area contributed by atoms with Crippen molar-refractivity contribution in [2.75, 3.05) is 11.1 Å². The number of hydrogen-bond acceptors (Lipinski definition) is 1. The Morgan fingerprint density at radius 2 is 1.90 bits per heavy atom. The fourth-order valence-electron chi connectivity index (χ4n) is 1.65. The average Bonchev–Trinajstić information content (AvgIpc) is 2.03. The topological polar surface area (TPSA) is 12.0 Å². The molecular weight excluding hydrogens is 237 g/mol. The molecular formula is C8H16IN. The molecule has 60 valence electrons. The van der Waals surface area contributed by atoms with Crippen molar-refractivity contribution in [2.24, 2.45) is 5.92 Å². The van der Waals surface area contributed by atoms with Crippen LogP contribution in [0.15, 0.2) is 0 Å². The maximum Gasteiger partial charge on any atom is 0.0480 e. The van der Waals surface area contributed by atoms with E-state index in [0.29, 0.717) is 0 Å². The Balaban J connectivity index is 2.02. The standard InChI is InChI=1S/C8H16IN/c9-7-10-6-8-4-2-1-3-5-8/h8,10H,1-7H2. The monoisotopic (exact) mass is 253 g/mol. The van der Waals surface area contributed by atoms with Gasteiger partial charge in [-0.25, -0.2) is 0 Å². The normalized spacial score (nSPS) is 21.3. The first kappa shape index (κ1) is 8.78. The molecule has 1 rings (SSSR count). The second kappa shape index (κ2) is 5.35. The molecule has 2 heteroatoms. The molecule has 1 aliphatic rings. The molecule has 1 nitrogen and oxygen atoms in total. The lowest BCUT2D eigenvalue weighted by atomic mass is 9.89. The van der Waals surface area contributed by atoms with E-state index >= 15 is 0 Å². The smallest absolute Gasteiger partial charge is 0.0480 e. The van der Waals surface area contributed by atoms with Crippen LogP contribution in [0.3, 0.4) is 0 Å². The minimum atomic E-state index is 0.989. The first-order valence-corrected chi connectivity index (χ1v) is 5.72. The first-order valence-electron chi connectivity index (χ1n) is 4.20. The summed E-state index contributed by atoms with van der Waals surface area (Å²) in [7, 11) is 0. The second-order valence-corrected chi connectivity index (χ2v) is 3.85. The minimum Gasteiger partial charge on any atom is -0.308 e. The highest BCUT2D eigenvalue weighted by Crippen LogP contribution is 2.22. The number of halogens is 1. The van der Waals surface area contributed by atoms with Crippen LogP contribution in [0.5, 0.6) is 0 Å². The highest BCUT2D eigenvalue weighted by atomic mass is 127. The molecule has 0 bridgehead atoms. The third-order valence-corrected chi connectivity index (χ3v) is 2.79. The van der Waals surface area contributed by atoms with Crippen LogP contribution in [0.4, 0.5) is 0 Å². The Hall–Kier alpha value is 0.690. The van der Waals surface area contributed by atoms with Crippen LogP contribution in [0.25, 0.3) is 0 Å². The number of nitrogens with one attached hydrogen (secondary N) is 1. The summed E-state index contributed by atoms with van der Waals surface area (Å²) in [6, 6.07) is 0. The van der Waals surface area contributed by atoms with E-state index in [2.05, 4.69) is 27.9 Å². The Bertz CT molecular complexity index is 79.3. The lowest BCUT2D eigenvalue weighted by Crippen LogP contribution is -2.22. The summed E-state index contributed by atoms with van der Waals surface area (Å²) in [6.45, 7) is 1.25. The molecule has 0 unspecified atom stereocenters. The maximum atomic E-state index is 3.40. The van der Waals surface area contributed by atoms with Gasteiger partial charge in [0, 0.05) is 4.55 Å². The molecule has 1 fully saturated rings. The molecule has 0 spiro atoms. The summed E-state index contributed by atoms with van der Waals surface area (Å²) in [5, 5.41) is 3.40. The van der Waals surface area contributed by atoms with Crippen LogP contribution in [-0.4, -0.2) is 11.1 Å². The molecule has 0 aliphatic heterocycles. The van der Waals surface area contributed by atoms with Crippen molar-refractivity contribution < 1.29 is 0 Å². The summed E-state index contributed by atoms with van der Waals surface area (Å²) >= 11 is 2.37. The van der Waals surface area contributed by atoms with E-state index in [1.54, 1.807) is 0 Å². The van der Waals surface area contributed by atoms with Gasteiger partial charge in [0.1, 0.15) is 0 Å². The van der Waals surface area contributed by atoms with Crippen LogP contribution < -0.4 is 5.32 Å². The first-order chi connectivity index (χ1) is 4.93. The quantitative estimate of drug-likeness (QED) is 0.463. The summed E-state index contributed by atoms with van der Waals surface area (Å²) < 4.78 is 1.11. The summed E-state index contributed by atoms with van der Waals surface area (Å²) in [4.78, 5) is 0. The summed E-state index contributed by atoms with van der Waals surface area (Å²) in [5.74, 6) is 0.989. The van der Waals surface area contributed by atoms with Gasteiger partial charge >= 0.3 is 0 Å². The Labute approximate surface area is 77.1 Å². The molecule has 1 N–H and O–H groups in total. The van der Waals surface area contributed by atoms with Gasteiger partial charge in [-0.05, 0) is 25.3 Å². The Kier molecular flexibility index (Phi) is 4.70. The van der Waals surface area contributed by atoms with Gasteiger partial charge in [-0.15, -0.1) is 0 Å². The van der Waals surface area contributed by atoms with Crippen LogP contribution >= 0.6 is 22.6 Å². The van der Waals surface area contributed by atoms with Crippen LogP contribution in [0.2, 0.25) is 0 Å². The van der Waals surface area contributed by atoms with E-state index in [9.17, 15) is 0 Å². The molecule has 0 amide bonds. The van der Waals surface area contributed by atoms with Gasteiger partial charge in [-0.2, -0.15) is 0 Å². The van der Waals surface area contributed by atoms with Gasteiger partial charge in [0.2, 0.25) is 0 Å². The van der Waals surface area contributed by atoms with Crippen molar-refractivity contribution in [2.45, 2.75) is 32.1 Å². The molecule has 10 heavy (non-hydrogen) atoms. The van der Waals surface area contributed by atoms with Crippen molar-refractivity contribution in [3.63, 3.8) is 0 Å². The van der Waals surface area contributed by atoms with Gasteiger partial charge in [-0.3, -0.25) is 0 Å². The number of hydrogen-bond donors (Lipinski definition) is 1. The van der Waals surface area contributed by atoms with Gasteiger partial charge < -0.3 is 5.32 Å². The molecule has 0 aromatic carbocycles. The largest absolute Gasteiger partial charge is 0.308 e. The highest BCUT2D eigenvalue weighted by Gasteiger charge is 2.11. The van der Waals surface area contributed by atoms with E-state index in [-0.39, 0.29) is 0 Å². The number of rotatable bonds is 3. The molecule has 0 saturated heterocycles. The van der Waals surface area contributed by atoms with Gasteiger partial charge in [0.15, 0.2) is 0 Å². The Morgan fingerprint density at radius 3 is 2.50 bits per heavy atom. The molecule has 1 saturated carbocycles. The zero-order valence-corrected chi connectivity index (χ0v) is 8.56. The third kappa shape index (κ3) is 3.19. The molecule has 1 aliphatic carbocycles. The second-order valence-electron chi connectivity index (χ2n) is 3.09. The van der Waals surface area contributed by atoms with Gasteiger partial charge in [0.05, 0.1) is 0 Å². The Morgan fingerprint density at radius 1 is 1.20 bits per heavy atom. The summed E-state index contributed by atoms with van der Waals surface area (Å²) in [6.07, 6.45) is 7.33. The fourth-order valence-corrected chi connectivity index (χ4v) is 1.96. The maximum absolute atomic E-state index is 3.40. The average molecular weight is 253 g/mol. The predicted octanol–water partition coefficient (Wildman–Crippen LogP) is 2.55. The SMILES string of the molecule is ICNCC1CCCCC1. The van der Waals surface area contributed by atoms with E-state index in [1.807, 2.05) is 0 Å². The summed E-state index contributed by atoms with van der Waals surface area (Å²) in [5.41, 5.74) is 0. The fraction of sp³-hybridized carbons (Fsp3) is 1.00. The molecule has 0 aromatic rings. The highest BCUT2D eigenvalue weighted by molar-refractivity contribution is 14.1. The zero-order valence-electron chi connectivity index (χ0n) is 6.41. The molecule has 0 radical (unpaired) electrons. The van der Waals surface area contributed by atoms with Gasteiger partial charge in [-0.1, -0.05) is 41.9 Å². The van der Waals surface area contributed by atoms with E-state index in [1.165, 1.54) is 38.6 Å². The zero-order chi connectivity index (χ0) is 7.23. The van der Waals surface area contributed by atoms with Crippen molar-refractivity contribution >= 4 is 22.6 Å². The van der Waals surface area contributed by atoms with Crippen molar-refractivity contribution in [3.8, 4) is 0 Å². The molecule has 0 aromatic heterocycles. The third-order valence-electron chi connectivity index (χ3n) is 2.25.